The molecule has 0 aliphatic carbocycles. The monoisotopic (exact) mass is 319 g/mol. The highest BCUT2D eigenvalue weighted by atomic mass is 16.5. The second-order valence-corrected chi connectivity index (χ2v) is 5.66. The van der Waals surface area contributed by atoms with Crippen molar-refractivity contribution in [2.75, 3.05) is 13.2 Å². The van der Waals surface area contributed by atoms with Crippen molar-refractivity contribution in [1.82, 2.24) is 4.90 Å². The first-order chi connectivity index (χ1) is 11.8. The number of hydrogen-bond donors (Lipinski definition) is 0. The molecule has 0 aliphatic rings. The Kier molecular flexibility index (Phi) is 5.12. The van der Waals surface area contributed by atoms with Crippen LogP contribution in [-0.4, -0.2) is 24.0 Å². The molecule has 122 valence electrons. The first kappa shape index (κ1) is 16.1. The van der Waals surface area contributed by atoms with Crippen LogP contribution in [0.3, 0.4) is 0 Å². The van der Waals surface area contributed by atoms with E-state index in [0.717, 1.165) is 22.1 Å². The molecule has 0 aromatic heterocycles. The van der Waals surface area contributed by atoms with E-state index in [1.807, 2.05) is 79.7 Å². The molecule has 0 aliphatic heterocycles. The van der Waals surface area contributed by atoms with Crippen molar-refractivity contribution in [2.45, 2.75) is 13.5 Å². The summed E-state index contributed by atoms with van der Waals surface area (Å²) in [5.41, 5.74) is 1.12. The Labute approximate surface area is 142 Å². The number of likely N-dealkylation sites (N-methyl/N-ethyl adjacent to an activating group) is 1. The van der Waals surface area contributed by atoms with Gasteiger partial charge >= 0.3 is 0 Å². The molecular weight excluding hydrogens is 298 g/mol. The molecule has 3 nitrogen and oxygen atoms in total. The van der Waals surface area contributed by atoms with Crippen LogP contribution in [-0.2, 0) is 11.3 Å². The van der Waals surface area contributed by atoms with Gasteiger partial charge in [0.2, 0.25) is 0 Å². The fraction of sp³-hybridized carbons (Fsp3) is 0.190. The van der Waals surface area contributed by atoms with Gasteiger partial charge in [0.15, 0.2) is 6.61 Å². The van der Waals surface area contributed by atoms with Gasteiger partial charge in [-0.15, -0.1) is 0 Å². The number of amides is 1. The van der Waals surface area contributed by atoms with Crippen LogP contribution in [0.5, 0.6) is 5.75 Å². The SMILES string of the molecule is CCN(Cc1ccccc1)C(=O)COc1cccc2ccccc12. The lowest BCUT2D eigenvalue weighted by Crippen LogP contribution is -2.34. The minimum absolute atomic E-state index is 0.00529. The quantitative estimate of drug-likeness (QED) is 0.679. The zero-order valence-electron chi connectivity index (χ0n) is 13.8. The van der Waals surface area contributed by atoms with E-state index >= 15 is 0 Å². The van der Waals surface area contributed by atoms with Crippen molar-refractivity contribution in [1.29, 1.82) is 0 Å². The summed E-state index contributed by atoms with van der Waals surface area (Å²) >= 11 is 0. The van der Waals surface area contributed by atoms with E-state index < -0.39 is 0 Å². The molecule has 24 heavy (non-hydrogen) atoms. The third kappa shape index (κ3) is 3.74. The second-order valence-electron chi connectivity index (χ2n) is 5.66. The number of fused-ring (bicyclic) bond motifs is 1. The second kappa shape index (κ2) is 7.64. The smallest absolute Gasteiger partial charge is 0.260 e. The summed E-state index contributed by atoms with van der Waals surface area (Å²) in [6.45, 7) is 3.30. The minimum Gasteiger partial charge on any atom is -0.483 e. The molecule has 1 amide bonds. The van der Waals surface area contributed by atoms with E-state index in [2.05, 4.69) is 0 Å². The van der Waals surface area contributed by atoms with E-state index in [4.69, 9.17) is 4.74 Å². The number of hydrogen-bond acceptors (Lipinski definition) is 2. The van der Waals surface area contributed by atoms with Crippen molar-refractivity contribution in [2.24, 2.45) is 0 Å². The number of carbonyl (C=O) groups excluding carboxylic acids is 1. The van der Waals surface area contributed by atoms with Crippen molar-refractivity contribution >= 4 is 16.7 Å². The summed E-state index contributed by atoms with van der Waals surface area (Å²) in [7, 11) is 0. The van der Waals surface area contributed by atoms with Gasteiger partial charge in [0.1, 0.15) is 5.75 Å². The maximum atomic E-state index is 12.5. The lowest BCUT2D eigenvalue weighted by Gasteiger charge is -2.21. The Morgan fingerprint density at radius 2 is 1.62 bits per heavy atom. The molecule has 3 heteroatoms. The largest absolute Gasteiger partial charge is 0.483 e. The molecule has 0 atom stereocenters. The topological polar surface area (TPSA) is 29.5 Å². The van der Waals surface area contributed by atoms with Crippen LogP contribution in [0.2, 0.25) is 0 Å². The van der Waals surface area contributed by atoms with Crippen LogP contribution >= 0.6 is 0 Å². The third-order valence-electron chi connectivity index (χ3n) is 4.05. The van der Waals surface area contributed by atoms with Gasteiger partial charge in [-0.2, -0.15) is 0 Å². The van der Waals surface area contributed by atoms with E-state index in [-0.39, 0.29) is 12.5 Å². The van der Waals surface area contributed by atoms with Gasteiger partial charge in [0.05, 0.1) is 0 Å². The molecule has 0 bridgehead atoms. The van der Waals surface area contributed by atoms with Gasteiger partial charge in [0.25, 0.3) is 5.91 Å². The summed E-state index contributed by atoms with van der Waals surface area (Å²) in [5, 5.41) is 2.14. The summed E-state index contributed by atoms with van der Waals surface area (Å²) in [6, 6.07) is 23.9. The number of rotatable bonds is 6. The fourth-order valence-electron chi connectivity index (χ4n) is 2.73. The van der Waals surface area contributed by atoms with Gasteiger partial charge in [-0.05, 0) is 23.9 Å². The highest BCUT2D eigenvalue weighted by Gasteiger charge is 2.13. The average molecular weight is 319 g/mol. The summed E-state index contributed by atoms with van der Waals surface area (Å²) < 4.78 is 5.81. The Morgan fingerprint density at radius 1 is 0.917 bits per heavy atom. The molecule has 0 saturated carbocycles. The lowest BCUT2D eigenvalue weighted by atomic mass is 10.1. The zero-order valence-corrected chi connectivity index (χ0v) is 13.8. The molecule has 0 radical (unpaired) electrons. The molecule has 0 spiro atoms. The highest BCUT2D eigenvalue weighted by molar-refractivity contribution is 5.88. The predicted octanol–water partition coefficient (Wildman–Crippen LogP) is 4.27. The van der Waals surface area contributed by atoms with E-state index in [0.29, 0.717) is 13.1 Å². The van der Waals surface area contributed by atoms with Crippen molar-refractivity contribution in [3.63, 3.8) is 0 Å². The number of ether oxygens (including phenoxy) is 1. The number of carbonyl (C=O) groups is 1. The number of nitrogens with zero attached hydrogens (tertiary/aromatic N) is 1. The van der Waals surface area contributed by atoms with E-state index in [1.54, 1.807) is 4.90 Å². The Balaban J connectivity index is 1.67. The molecule has 3 aromatic rings. The minimum atomic E-state index is -0.00529. The standard InChI is InChI=1S/C21H21NO2/c1-2-22(15-17-9-4-3-5-10-17)21(23)16-24-20-14-8-12-18-11-6-7-13-19(18)20/h3-14H,2,15-16H2,1H3. The van der Waals surface area contributed by atoms with Crippen LogP contribution in [0, 0.1) is 0 Å². The molecule has 0 heterocycles. The first-order valence-corrected chi connectivity index (χ1v) is 8.20. The first-order valence-electron chi connectivity index (χ1n) is 8.20. The maximum absolute atomic E-state index is 12.5. The summed E-state index contributed by atoms with van der Waals surface area (Å²) in [4.78, 5) is 14.3. The predicted molar refractivity (Wildman–Crippen MR) is 97.0 cm³/mol. The third-order valence-corrected chi connectivity index (χ3v) is 4.05. The normalized spacial score (nSPS) is 10.5. The molecule has 0 fully saturated rings. The van der Waals surface area contributed by atoms with Crippen LogP contribution in [0.15, 0.2) is 72.8 Å². The number of benzene rings is 3. The summed E-state index contributed by atoms with van der Waals surface area (Å²) in [5.74, 6) is 0.742. The molecule has 0 saturated heterocycles. The van der Waals surface area contributed by atoms with Crippen LogP contribution in [0.4, 0.5) is 0 Å². The summed E-state index contributed by atoms with van der Waals surface area (Å²) in [6.07, 6.45) is 0. The average Bonchev–Trinajstić information content (AvgIpc) is 2.65. The zero-order chi connectivity index (χ0) is 16.8. The molecule has 0 N–H and O–H groups in total. The van der Waals surface area contributed by atoms with Gasteiger partial charge in [0, 0.05) is 18.5 Å². The molecule has 3 rings (SSSR count). The van der Waals surface area contributed by atoms with Gasteiger partial charge in [-0.3, -0.25) is 4.79 Å². The van der Waals surface area contributed by atoms with E-state index in [9.17, 15) is 4.79 Å². The van der Waals surface area contributed by atoms with Crippen LogP contribution < -0.4 is 4.74 Å². The van der Waals surface area contributed by atoms with Crippen LogP contribution in [0.1, 0.15) is 12.5 Å². The van der Waals surface area contributed by atoms with Crippen LogP contribution in [0.25, 0.3) is 10.8 Å². The lowest BCUT2D eigenvalue weighted by molar-refractivity contribution is -0.133. The van der Waals surface area contributed by atoms with Crippen molar-refractivity contribution < 1.29 is 9.53 Å². The van der Waals surface area contributed by atoms with Gasteiger partial charge < -0.3 is 9.64 Å². The van der Waals surface area contributed by atoms with Gasteiger partial charge in [-0.25, -0.2) is 0 Å². The molecular formula is C21H21NO2. The van der Waals surface area contributed by atoms with Gasteiger partial charge in [-0.1, -0.05) is 66.7 Å². The Morgan fingerprint density at radius 3 is 2.42 bits per heavy atom. The Bertz CT molecular complexity index is 809. The van der Waals surface area contributed by atoms with Crippen molar-refractivity contribution in [3.8, 4) is 5.75 Å². The molecule has 3 aromatic carbocycles. The molecule has 0 unspecified atom stereocenters. The maximum Gasteiger partial charge on any atom is 0.260 e. The highest BCUT2D eigenvalue weighted by Crippen LogP contribution is 2.25. The van der Waals surface area contributed by atoms with Crippen molar-refractivity contribution in [3.05, 3.63) is 78.4 Å². The Hall–Kier alpha value is -2.81. The van der Waals surface area contributed by atoms with E-state index in [1.165, 1.54) is 0 Å². The fourth-order valence-corrected chi connectivity index (χ4v) is 2.73.